The quantitative estimate of drug-likeness (QED) is 0.837. The summed E-state index contributed by atoms with van der Waals surface area (Å²) in [7, 11) is 1.69. The normalized spacial score (nSPS) is 18.3. The highest BCUT2D eigenvalue weighted by atomic mass is 16.5. The zero-order valence-corrected chi connectivity index (χ0v) is 10.9. The first-order chi connectivity index (χ1) is 8.85. The second kappa shape index (κ2) is 6.61. The molecule has 1 fully saturated rings. The summed E-state index contributed by atoms with van der Waals surface area (Å²) >= 11 is 0. The van der Waals surface area contributed by atoms with E-state index in [0.717, 1.165) is 37.5 Å². The molecule has 1 aromatic rings. The lowest BCUT2D eigenvalue weighted by molar-refractivity contribution is 0.0613. The van der Waals surface area contributed by atoms with Gasteiger partial charge in [0.15, 0.2) is 0 Å². The molecule has 100 valence electrons. The average Bonchev–Trinajstić information content (AvgIpc) is 2.46. The van der Waals surface area contributed by atoms with Crippen LogP contribution < -0.4 is 15.8 Å². The minimum absolute atomic E-state index is 0.283. The third kappa shape index (κ3) is 3.15. The Labute approximate surface area is 108 Å². The van der Waals surface area contributed by atoms with Gasteiger partial charge in [0.25, 0.3) is 0 Å². The summed E-state index contributed by atoms with van der Waals surface area (Å²) in [5.74, 6) is 1.44. The lowest BCUT2D eigenvalue weighted by Crippen LogP contribution is -2.39. The Bertz CT molecular complexity index is 365. The highest BCUT2D eigenvalue weighted by Crippen LogP contribution is 2.27. The van der Waals surface area contributed by atoms with Gasteiger partial charge in [0.1, 0.15) is 5.75 Å². The fourth-order valence-corrected chi connectivity index (χ4v) is 2.45. The van der Waals surface area contributed by atoms with Crippen molar-refractivity contribution in [3.63, 3.8) is 0 Å². The number of hydrogen-bond acceptors (Lipinski definition) is 4. The SMILES string of the molecule is COc1ccccc1NC(CN)C1CCOCC1. The first-order valence-corrected chi connectivity index (χ1v) is 6.52. The van der Waals surface area contributed by atoms with Gasteiger partial charge in [0.2, 0.25) is 0 Å². The smallest absolute Gasteiger partial charge is 0.141 e. The Kier molecular flexibility index (Phi) is 4.84. The van der Waals surface area contributed by atoms with E-state index in [2.05, 4.69) is 5.32 Å². The molecule has 1 saturated heterocycles. The number of nitrogens with two attached hydrogens (primary N) is 1. The highest BCUT2D eigenvalue weighted by molar-refractivity contribution is 5.56. The van der Waals surface area contributed by atoms with E-state index in [9.17, 15) is 0 Å². The number of nitrogens with one attached hydrogen (secondary N) is 1. The summed E-state index contributed by atoms with van der Waals surface area (Å²) in [5, 5.41) is 3.51. The maximum atomic E-state index is 5.90. The van der Waals surface area contributed by atoms with Crippen molar-refractivity contribution < 1.29 is 9.47 Å². The predicted octanol–water partition coefficient (Wildman–Crippen LogP) is 1.86. The van der Waals surface area contributed by atoms with Crippen LogP contribution in [-0.2, 0) is 4.74 Å². The molecule has 1 atom stereocenters. The van der Waals surface area contributed by atoms with Crippen molar-refractivity contribution in [2.45, 2.75) is 18.9 Å². The summed E-state index contributed by atoms with van der Waals surface area (Å²) in [4.78, 5) is 0. The van der Waals surface area contributed by atoms with E-state index in [1.165, 1.54) is 0 Å². The van der Waals surface area contributed by atoms with Crippen molar-refractivity contribution in [1.82, 2.24) is 0 Å². The first-order valence-electron chi connectivity index (χ1n) is 6.52. The number of rotatable bonds is 5. The molecule has 0 radical (unpaired) electrons. The molecule has 0 aliphatic carbocycles. The van der Waals surface area contributed by atoms with E-state index in [4.69, 9.17) is 15.2 Å². The van der Waals surface area contributed by atoms with E-state index >= 15 is 0 Å². The van der Waals surface area contributed by atoms with Gasteiger partial charge in [-0.15, -0.1) is 0 Å². The molecular weight excluding hydrogens is 228 g/mol. The second-order valence-electron chi connectivity index (χ2n) is 4.64. The van der Waals surface area contributed by atoms with Crippen LogP contribution in [-0.4, -0.2) is 32.9 Å². The lowest BCUT2D eigenvalue weighted by Gasteiger charge is -2.31. The molecule has 3 N–H and O–H groups in total. The topological polar surface area (TPSA) is 56.5 Å². The molecule has 0 aromatic heterocycles. The Hall–Kier alpha value is -1.26. The zero-order chi connectivity index (χ0) is 12.8. The summed E-state index contributed by atoms with van der Waals surface area (Å²) in [6.07, 6.45) is 2.15. The van der Waals surface area contributed by atoms with Crippen molar-refractivity contribution in [1.29, 1.82) is 0 Å². The molecule has 1 aliphatic heterocycles. The fourth-order valence-electron chi connectivity index (χ4n) is 2.45. The van der Waals surface area contributed by atoms with Crippen LogP contribution in [0.15, 0.2) is 24.3 Å². The van der Waals surface area contributed by atoms with Crippen LogP contribution in [0.1, 0.15) is 12.8 Å². The highest BCUT2D eigenvalue weighted by Gasteiger charge is 2.23. The Morgan fingerprint density at radius 3 is 2.78 bits per heavy atom. The zero-order valence-electron chi connectivity index (χ0n) is 10.9. The van der Waals surface area contributed by atoms with Gasteiger partial charge < -0.3 is 20.5 Å². The van der Waals surface area contributed by atoms with Gasteiger partial charge in [-0.2, -0.15) is 0 Å². The van der Waals surface area contributed by atoms with Gasteiger partial charge in [-0.3, -0.25) is 0 Å². The molecule has 0 amide bonds. The number of benzene rings is 1. The number of para-hydroxylation sites is 2. The fraction of sp³-hybridized carbons (Fsp3) is 0.571. The number of methoxy groups -OCH3 is 1. The third-order valence-electron chi connectivity index (χ3n) is 3.54. The minimum atomic E-state index is 0.283. The van der Waals surface area contributed by atoms with Crippen LogP contribution in [0.4, 0.5) is 5.69 Å². The molecule has 1 unspecified atom stereocenters. The summed E-state index contributed by atoms with van der Waals surface area (Å²) in [6, 6.07) is 8.24. The van der Waals surface area contributed by atoms with Crippen LogP contribution in [0.3, 0.4) is 0 Å². The van der Waals surface area contributed by atoms with Crippen molar-refractivity contribution in [2.24, 2.45) is 11.7 Å². The molecule has 1 aromatic carbocycles. The van der Waals surface area contributed by atoms with Crippen molar-refractivity contribution in [2.75, 3.05) is 32.2 Å². The van der Waals surface area contributed by atoms with Crippen LogP contribution in [0, 0.1) is 5.92 Å². The summed E-state index contributed by atoms with van der Waals surface area (Å²) in [6.45, 7) is 2.31. The van der Waals surface area contributed by atoms with Crippen molar-refractivity contribution in [3.05, 3.63) is 24.3 Å². The largest absolute Gasteiger partial charge is 0.495 e. The van der Waals surface area contributed by atoms with Crippen LogP contribution >= 0.6 is 0 Å². The molecule has 18 heavy (non-hydrogen) atoms. The Morgan fingerprint density at radius 1 is 1.39 bits per heavy atom. The molecular formula is C14H22N2O2. The monoisotopic (exact) mass is 250 g/mol. The third-order valence-corrected chi connectivity index (χ3v) is 3.54. The summed E-state index contributed by atoms with van der Waals surface area (Å²) < 4.78 is 10.7. The predicted molar refractivity (Wildman–Crippen MR) is 73.0 cm³/mol. The Morgan fingerprint density at radius 2 is 2.11 bits per heavy atom. The molecule has 0 spiro atoms. The minimum Gasteiger partial charge on any atom is -0.495 e. The molecule has 4 heteroatoms. The van der Waals surface area contributed by atoms with Crippen LogP contribution in [0.5, 0.6) is 5.75 Å². The van der Waals surface area contributed by atoms with E-state index in [1.54, 1.807) is 7.11 Å². The average molecular weight is 250 g/mol. The van der Waals surface area contributed by atoms with Crippen LogP contribution in [0.25, 0.3) is 0 Å². The van der Waals surface area contributed by atoms with Crippen molar-refractivity contribution >= 4 is 5.69 Å². The number of hydrogen-bond donors (Lipinski definition) is 2. The second-order valence-corrected chi connectivity index (χ2v) is 4.64. The maximum Gasteiger partial charge on any atom is 0.141 e. The standard InChI is InChI=1S/C14H22N2O2/c1-17-14-5-3-2-4-12(14)16-13(10-15)11-6-8-18-9-7-11/h2-5,11,13,16H,6-10,15H2,1H3. The van der Waals surface area contributed by atoms with Gasteiger partial charge in [0, 0.05) is 25.8 Å². The van der Waals surface area contributed by atoms with Gasteiger partial charge in [-0.25, -0.2) is 0 Å². The lowest BCUT2D eigenvalue weighted by atomic mass is 9.91. The van der Waals surface area contributed by atoms with E-state index in [-0.39, 0.29) is 6.04 Å². The number of ether oxygens (including phenoxy) is 2. The van der Waals surface area contributed by atoms with Crippen LogP contribution in [0.2, 0.25) is 0 Å². The van der Waals surface area contributed by atoms with Crippen molar-refractivity contribution in [3.8, 4) is 5.75 Å². The Balaban J connectivity index is 2.04. The van der Waals surface area contributed by atoms with E-state index in [0.29, 0.717) is 12.5 Å². The van der Waals surface area contributed by atoms with Gasteiger partial charge in [-0.05, 0) is 30.9 Å². The van der Waals surface area contributed by atoms with Gasteiger partial charge in [0.05, 0.1) is 12.8 Å². The summed E-state index contributed by atoms with van der Waals surface area (Å²) in [5.41, 5.74) is 6.91. The van der Waals surface area contributed by atoms with E-state index in [1.807, 2.05) is 24.3 Å². The van der Waals surface area contributed by atoms with Gasteiger partial charge >= 0.3 is 0 Å². The molecule has 1 aliphatic rings. The molecule has 1 heterocycles. The molecule has 2 rings (SSSR count). The molecule has 0 saturated carbocycles. The first kappa shape index (κ1) is 13.2. The molecule has 4 nitrogen and oxygen atoms in total. The molecule has 0 bridgehead atoms. The van der Waals surface area contributed by atoms with Gasteiger partial charge in [-0.1, -0.05) is 12.1 Å². The maximum absolute atomic E-state index is 5.90. The number of anilines is 1. The van der Waals surface area contributed by atoms with E-state index < -0.39 is 0 Å².